The highest BCUT2D eigenvalue weighted by Crippen LogP contribution is 2.32. The Morgan fingerprint density at radius 1 is 0.600 bits per heavy atom. The highest BCUT2D eigenvalue weighted by atomic mass is 14.2. The molecule has 0 amide bonds. The van der Waals surface area contributed by atoms with Crippen molar-refractivity contribution in [3.63, 3.8) is 0 Å². The summed E-state index contributed by atoms with van der Waals surface area (Å²) in [5.41, 5.74) is 2.51. The molecular formula is C20H16. The topological polar surface area (TPSA) is 0 Å². The van der Waals surface area contributed by atoms with Gasteiger partial charge in [-0.2, -0.15) is 0 Å². The van der Waals surface area contributed by atoms with Crippen molar-refractivity contribution >= 4 is 0 Å². The Labute approximate surface area is 120 Å². The molecule has 0 aliphatic heterocycles. The molecule has 0 aromatic heterocycles. The summed E-state index contributed by atoms with van der Waals surface area (Å²) in [4.78, 5) is 0. The smallest absolute Gasteiger partial charge is 0.0630 e. The monoisotopic (exact) mass is 256 g/mol. The highest BCUT2D eigenvalue weighted by Gasteiger charge is 2.21. The van der Waals surface area contributed by atoms with Crippen LogP contribution in [0.25, 0.3) is 0 Å². The summed E-state index contributed by atoms with van der Waals surface area (Å²) in [6, 6.07) is 21.0. The Balaban J connectivity index is 2.05. The van der Waals surface area contributed by atoms with Crippen molar-refractivity contribution in [2.45, 2.75) is 24.7 Å². The average molecular weight is 256 g/mol. The summed E-state index contributed by atoms with van der Waals surface area (Å²) in [5.74, 6) is 13.8. The second-order valence-corrected chi connectivity index (χ2v) is 4.92. The van der Waals surface area contributed by atoms with Gasteiger partial charge in [-0.15, -0.1) is 11.8 Å². The standard InChI is InChI=1S/C20H16/c1-2-10-16-20(18-13-7-4-8-14-18)19(15-9-1)17-11-5-3-6-12-17/h3-8,11-14,19-20H,1-2H2/t19-,20-/m0/s1. The third kappa shape index (κ3) is 2.76. The van der Waals surface area contributed by atoms with E-state index in [0.717, 1.165) is 12.8 Å². The molecule has 0 fully saturated rings. The first-order valence-corrected chi connectivity index (χ1v) is 7.02. The van der Waals surface area contributed by atoms with Gasteiger partial charge in [0, 0.05) is 12.8 Å². The van der Waals surface area contributed by atoms with Crippen LogP contribution < -0.4 is 0 Å². The Kier molecular flexibility index (Phi) is 3.86. The molecule has 1 aliphatic carbocycles. The van der Waals surface area contributed by atoms with E-state index < -0.39 is 0 Å². The van der Waals surface area contributed by atoms with Gasteiger partial charge < -0.3 is 0 Å². The van der Waals surface area contributed by atoms with Crippen LogP contribution in [0.3, 0.4) is 0 Å². The molecular weight excluding hydrogens is 240 g/mol. The second-order valence-electron chi connectivity index (χ2n) is 4.92. The van der Waals surface area contributed by atoms with Crippen LogP contribution in [0.4, 0.5) is 0 Å². The molecule has 96 valence electrons. The molecule has 2 aromatic carbocycles. The van der Waals surface area contributed by atoms with Gasteiger partial charge in [-0.3, -0.25) is 0 Å². The van der Waals surface area contributed by atoms with Crippen molar-refractivity contribution < 1.29 is 0 Å². The van der Waals surface area contributed by atoms with Crippen LogP contribution in [0.2, 0.25) is 0 Å². The van der Waals surface area contributed by atoms with E-state index in [1.54, 1.807) is 0 Å². The van der Waals surface area contributed by atoms with E-state index in [1.165, 1.54) is 11.1 Å². The Bertz CT molecular complexity index is 611. The molecule has 0 saturated carbocycles. The van der Waals surface area contributed by atoms with Crippen LogP contribution in [0.15, 0.2) is 60.7 Å². The van der Waals surface area contributed by atoms with Crippen molar-refractivity contribution in [1.82, 2.24) is 0 Å². The number of rotatable bonds is 2. The predicted octanol–water partition coefficient (Wildman–Crippen LogP) is 4.35. The molecule has 1 aliphatic rings. The molecule has 0 unspecified atom stereocenters. The van der Waals surface area contributed by atoms with E-state index in [0.29, 0.717) is 0 Å². The van der Waals surface area contributed by atoms with Gasteiger partial charge in [-0.1, -0.05) is 72.5 Å². The zero-order valence-corrected chi connectivity index (χ0v) is 11.3. The normalized spacial score (nSPS) is 20.6. The third-order valence-electron chi connectivity index (χ3n) is 3.54. The summed E-state index contributed by atoms with van der Waals surface area (Å²) in [5, 5.41) is 0. The fourth-order valence-corrected chi connectivity index (χ4v) is 2.53. The summed E-state index contributed by atoms with van der Waals surface area (Å²) in [7, 11) is 0. The van der Waals surface area contributed by atoms with Gasteiger partial charge in [0.05, 0.1) is 11.8 Å². The van der Waals surface area contributed by atoms with Crippen molar-refractivity contribution in [3.05, 3.63) is 71.8 Å². The number of hydrogen-bond donors (Lipinski definition) is 0. The lowest BCUT2D eigenvalue weighted by Gasteiger charge is -2.20. The number of hydrogen-bond acceptors (Lipinski definition) is 0. The molecule has 20 heavy (non-hydrogen) atoms. The summed E-state index contributed by atoms with van der Waals surface area (Å²) >= 11 is 0. The highest BCUT2D eigenvalue weighted by molar-refractivity contribution is 5.41. The fourth-order valence-electron chi connectivity index (χ4n) is 2.53. The molecule has 0 saturated heterocycles. The maximum atomic E-state index is 3.43. The molecule has 0 bridgehead atoms. The van der Waals surface area contributed by atoms with Gasteiger partial charge in [-0.05, 0) is 11.1 Å². The van der Waals surface area contributed by atoms with Crippen LogP contribution in [0.1, 0.15) is 35.8 Å². The van der Waals surface area contributed by atoms with Crippen molar-refractivity contribution in [2.75, 3.05) is 0 Å². The van der Waals surface area contributed by atoms with Crippen LogP contribution >= 0.6 is 0 Å². The van der Waals surface area contributed by atoms with Crippen molar-refractivity contribution in [2.24, 2.45) is 0 Å². The van der Waals surface area contributed by atoms with E-state index in [9.17, 15) is 0 Å². The molecule has 0 heteroatoms. The van der Waals surface area contributed by atoms with Crippen molar-refractivity contribution in [3.8, 4) is 23.7 Å². The summed E-state index contributed by atoms with van der Waals surface area (Å²) in [6.45, 7) is 0. The minimum absolute atomic E-state index is 0.159. The number of benzene rings is 2. The Morgan fingerprint density at radius 2 is 1.00 bits per heavy atom. The Morgan fingerprint density at radius 3 is 1.40 bits per heavy atom. The van der Waals surface area contributed by atoms with Crippen LogP contribution in [0, 0.1) is 23.7 Å². The Hall–Kier alpha value is -2.44. The average Bonchev–Trinajstić information content (AvgIpc) is 2.49. The SMILES string of the molecule is C1#C[C@@H](c2ccccc2)[C@H](c2ccccc2)C#CCC1. The summed E-state index contributed by atoms with van der Waals surface area (Å²) < 4.78 is 0. The minimum atomic E-state index is 0.159. The summed E-state index contributed by atoms with van der Waals surface area (Å²) in [6.07, 6.45) is 1.75. The van der Waals surface area contributed by atoms with Gasteiger partial charge >= 0.3 is 0 Å². The minimum Gasteiger partial charge on any atom is -0.102 e. The van der Waals surface area contributed by atoms with Gasteiger partial charge in [0.25, 0.3) is 0 Å². The first kappa shape index (κ1) is 12.6. The van der Waals surface area contributed by atoms with E-state index >= 15 is 0 Å². The van der Waals surface area contributed by atoms with Gasteiger partial charge in [0.15, 0.2) is 0 Å². The van der Waals surface area contributed by atoms with Gasteiger partial charge in [0.1, 0.15) is 0 Å². The zero-order valence-electron chi connectivity index (χ0n) is 11.3. The maximum absolute atomic E-state index is 3.43. The molecule has 0 N–H and O–H groups in total. The molecule has 3 rings (SSSR count). The van der Waals surface area contributed by atoms with Gasteiger partial charge in [-0.25, -0.2) is 0 Å². The quantitative estimate of drug-likeness (QED) is 0.701. The molecule has 0 nitrogen and oxygen atoms in total. The predicted molar refractivity (Wildman–Crippen MR) is 83.2 cm³/mol. The first-order valence-electron chi connectivity index (χ1n) is 7.02. The lowest BCUT2D eigenvalue weighted by atomic mass is 9.81. The second kappa shape index (κ2) is 6.14. The van der Waals surface area contributed by atoms with E-state index in [-0.39, 0.29) is 11.8 Å². The largest absolute Gasteiger partial charge is 0.102 e. The first-order chi connectivity index (χ1) is 9.95. The molecule has 0 heterocycles. The van der Waals surface area contributed by atoms with Crippen LogP contribution in [-0.2, 0) is 0 Å². The van der Waals surface area contributed by atoms with Crippen LogP contribution in [0.5, 0.6) is 0 Å². The van der Waals surface area contributed by atoms with Crippen LogP contribution in [-0.4, -0.2) is 0 Å². The van der Waals surface area contributed by atoms with E-state index in [4.69, 9.17) is 0 Å². The maximum Gasteiger partial charge on any atom is 0.0630 e. The lowest BCUT2D eigenvalue weighted by molar-refractivity contribution is 0.775. The molecule has 2 atom stereocenters. The van der Waals surface area contributed by atoms with E-state index in [1.807, 2.05) is 12.1 Å². The lowest BCUT2D eigenvalue weighted by Crippen LogP contribution is -2.09. The van der Waals surface area contributed by atoms with Crippen molar-refractivity contribution in [1.29, 1.82) is 0 Å². The van der Waals surface area contributed by atoms with Gasteiger partial charge in [0.2, 0.25) is 0 Å². The zero-order chi connectivity index (χ0) is 13.6. The van der Waals surface area contributed by atoms with E-state index in [2.05, 4.69) is 72.2 Å². The molecule has 2 aromatic rings. The fraction of sp³-hybridized carbons (Fsp3) is 0.200. The molecule has 0 spiro atoms. The third-order valence-corrected chi connectivity index (χ3v) is 3.54. The molecule has 0 radical (unpaired) electrons.